The number of halogens is 1. The molecule has 0 amide bonds. The van der Waals surface area contributed by atoms with Crippen LogP contribution in [0.1, 0.15) is 50.1 Å². The highest BCUT2D eigenvalue weighted by molar-refractivity contribution is 6.20. The van der Waals surface area contributed by atoms with Crippen LogP contribution in [0.15, 0.2) is 0 Å². The smallest absolute Gasteiger partial charge is 0.158 e. The Balaban J connectivity index is 2.28. The lowest BCUT2D eigenvalue weighted by Gasteiger charge is -2.12. The fourth-order valence-electron chi connectivity index (χ4n) is 2.78. The number of aromatic nitrogens is 4. The third-order valence-corrected chi connectivity index (χ3v) is 4.19. The fraction of sp³-hybridized carbons (Fsp3) is 0.692. The summed E-state index contributed by atoms with van der Waals surface area (Å²) in [5, 5.41) is 4.38. The van der Waals surface area contributed by atoms with Crippen molar-refractivity contribution in [3.8, 4) is 0 Å². The number of alkyl halides is 1. The lowest BCUT2D eigenvalue weighted by molar-refractivity contribution is 0.527. The Hall–Kier alpha value is -1.03. The van der Waals surface area contributed by atoms with E-state index in [1.807, 2.05) is 25.6 Å². The van der Waals surface area contributed by atoms with Crippen LogP contribution < -0.4 is 0 Å². The number of imidazole rings is 1. The zero-order chi connectivity index (χ0) is 13.2. The monoisotopic (exact) mass is 266 g/mol. The molecular weight excluding hydrogens is 248 g/mol. The molecule has 2 heterocycles. The Bertz CT molecular complexity index is 620. The quantitative estimate of drug-likeness (QED) is 0.782. The molecule has 2 aromatic rings. The molecule has 0 radical (unpaired) electrons. The first-order chi connectivity index (χ1) is 8.33. The summed E-state index contributed by atoms with van der Waals surface area (Å²) in [4.78, 5) is 4.71. The van der Waals surface area contributed by atoms with E-state index in [9.17, 15) is 0 Å². The van der Waals surface area contributed by atoms with E-state index in [0.29, 0.717) is 11.5 Å². The summed E-state index contributed by atoms with van der Waals surface area (Å²) in [6.07, 6.45) is 1.18. The highest BCUT2D eigenvalue weighted by Gasteiger charge is 2.49. The van der Waals surface area contributed by atoms with E-state index in [1.165, 1.54) is 6.42 Å². The summed E-state index contributed by atoms with van der Waals surface area (Å²) in [7, 11) is 1.98. The van der Waals surface area contributed by atoms with Gasteiger partial charge in [0.05, 0.1) is 11.1 Å². The second-order valence-electron chi connectivity index (χ2n) is 6.05. The highest BCUT2D eigenvalue weighted by Crippen LogP contribution is 2.57. The van der Waals surface area contributed by atoms with Gasteiger partial charge in [0.2, 0.25) is 0 Å². The van der Waals surface area contributed by atoms with Crippen LogP contribution in [0.25, 0.3) is 11.2 Å². The van der Waals surface area contributed by atoms with Crippen LogP contribution in [0.2, 0.25) is 0 Å². The fourth-order valence-corrected chi connectivity index (χ4v) is 2.93. The van der Waals surface area contributed by atoms with Gasteiger partial charge in [-0.3, -0.25) is 4.68 Å². The van der Waals surface area contributed by atoms with Crippen molar-refractivity contribution in [2.24, 2.45) is 12.5 Å². The normalized spacial score (nSPS) is 23.6. The van der Waals surface area contributed by atoms with Gasteiger partial charge in [-0.1, -0.05) is 13.8 Å². The first-order valence-electron chi connectivity index (χ1n) is 6.38. The molecule has 5 heteroatoms. The van der Waals surface area contributed by atoms with E-state index in [1.54, 1.807) is 0 Å². The van der Waals surface area contributed by atoms with E-state index in [2.05, 4.69) is 23.5 Å². The molecule has 1 saturated carbocycles. The van der Waals surface area contributed by atoms with Crippen molar-refractivity contribution in [3.63, 3.8) is 0 Å². The lowest BCUT2D eigenvalue weighted by atomic mass is 10.2. The largest absolute Gasteiger partial charge is 0.308 e. The average Bonchev–Trinajstić information content (AvgIpc) is 2.65. The number of hydrogen-bond donors (Lipinski definition) is 0. The minimum Gasteiger partial charge on any atom is -0.308 e. The molecular formula is C13H19ClN4. The van der Waals surface area contributed by atoms with Crippen LogP contribution in [-0.2, 0) is 7.05 Å². The summed E-state index contributed by atoms with van der Waals surface area (Å²) < 4.78 is 4.22. The van der Waals surface area contributed by atoms with E-state index in [4.69, 9.17) is 16.6 Å². The molecule has 18 heavy (non-hydrogen) atoms. The van der Waals surface area contributed by atoms with Crippen molar-refractivity contribution in [3.05, 3.63) is 11.5 Å². The van der Waals surface area contributed by atoms with Gasteiger partial charge in [0.1, 0.15) is 11.3 Å². The van der Waals surface area contributed by atoms with Gasteiger partial charge in [-0.2, -0.15) is 5.10 Å². The molecule has 2 unspecified atom stereocenters. The SMILES string of the molecule is Cc1nn(C)c2c1nc(C(C)Cl)n2C1CC1(C)C. The second-order valence-corrected chi connectivity index (χ2v) is 6.70. The molecule has 0 saturated heterocycles. The van der Waals surface area contributed by atoms with E-state index in [0.717, 1.165) is 22.7 Å². The maximum atomic E-state index is 6.29. The maximum Gasteiger partial charge on any atom is 0.158 e. The Morgan fingerprint density at radius 1 is 1.44 bits per heavy atom. The topological polar surface area (TPSA) is 35.6 Å². The van der Waals surface area contributed by atoms with Crippen LogP contribution >= 0.6 is 11.6 Å². The predicted octanol–water partition coefficient (Wildman–Crippen LogP) is 3.35. The number of fused-ring (bicyclic) bond motifs is 1. The maximum absolute atomic E-state index is 6.29. The standard InChI is InChI=1S/C13H19ClN4/c1-7(14)11-15-10-8(2)16-17(5)12(10)18(11)9-6-13(9,3)4/h7,9H,6H2,1-5H3. The molecule has 2 atom stereocenters. The van der Waals surface area contributed by atoms with E-state index < -0.39 is 0 Å². The number of rotatable bonds is 2. The molecule has 2 aromatic heterocycles. The Labute approximate surface area is 112 Å². The molecule has 3 rings (SSSR count). The molecule has 0 N–H and O–H groups in total. The van der Waals surface area contributed by atoms with Gasteiger partial charge in [0.25, 0.3) is 0 Å². The Kier molecular flexibility index (Phi) is 2.34. The van der Waals surface area contributed by atoms with Crippen LogP contribution in [0, 0.1) is 12.3 Å². The molecule has 0 aliphatic heterocycles. The van der Waals surface area contributed by atoms with Crippen LogP contribution in [0.4, 0.5) is 0 Å². The Morgan fingerprint density at radius 2 is 2.06 bits per heavy atom. The summed E-state index contributed by atoms with van der Waals surface area (Å²) in [6, 6.07) is 0.494. The minimum atomic E-state index is -0.0757. The zero-order valence-electron chi connectivity index (χ0n) is 11.5. The molecule has 0 aromatic carbocycles. The van der Waals surface area contributed by atoms with Crippen molar-refractivity contribution >= 4 is 22.8 Å². The van der Waals surface area contributed by atoms with Gasteiger partial charge in [-0.05, 0) is 25.7 Å². The predicted molar refractivity (Wildman–Crippen MR) is 72.9 cm³/mol. The van der Waals surface area contributed by atoms with Gasteiger partial charge in [-0.15, -0.1) is 11.6 Å². The lowest BCUT2D eigenvalue weighted by Crippen LogP contribution is -2.09. The van der Waals surface area contributed by atoms with E-state index >= 15 is 0 Å². The van der Waals surface area contributed by atoms with Gasteiger partial charge in [-0.25, -0.2) is 4.98 Å². The van der Waals surface area contributed by atoms with Gasteiger partial charge in [0, 0.05) is 13.1 Å². The van der Waals surface area contributed by atoms with Crippen molar-refractivity contribution in [1.82, 2.24) is 19.3 Å². The van der Waals surface area contributed by atoms with Crippen LogP contribution in [0.5, 0.6) is 0 Å². The van der Waals surface area contributed by atoms with Gasteiger partial charge < -0.3 is 4.57 Å². The van der Waals surface area contributed by atoms with Crippen molar-refractivity contribution < 1.29 is 0 Å². The number of hydrogen-bond acceptors (Lipinski definition) is 2. The molecule has 0 spiro atoms. The zero-order valence-corrected chi connectivity index (χ0v) is 12.3. The summed E-state index contributed by atoms with van der Waals surface area (Å²) in [5.74, 6) is 0.971. The molecule has 0 bridgehead atoms. The van der Waals surface area contributed by atoms with Crippen LogP contribution in [0.3, 0.4) is 0 Å². The first-order valence-corrected chi connectivity index (χ1v) is 6.82. The second kappa shape index (κ2) is 3.50. The molecule has 1 aliphatic carbocycles. The van der Waals surface area contributed by atoms with E-state index in [-0.39, 0.29) is 5.38 Å². The number of aryl methyl sites for hydroxylation is 2. The minimum absolute atomic E-state index is 0.0757. The summed E-state index contributed by atoms with van der Waals surface area (Å²) in [6.45, 7) is 8.56. The molecule has 98 valence electrons. The Morgan fingerprint density at radius 3 is 2.56 bits per heavy atom. The first kappa shape index (κ1) is 12.0. The van der Waals surface area contributed by atoms with Crippen molar-refractivity contribution in [1.29, 1.82) is 0 Å². The highest BCUT2D eigenvalue weighted by atomic mass is 35.5. The molecule has 4 nitrogen and oxygen atoms in total. The van der Waals surface area contributed by atoms with Gasteiger partial charge in [0.15, 0.2) is 5.65 Å². The summed E-state index contributed by atoms with van der Waals surface area (Å²) >= 11 is 6.29. The average molecular weight is 267 g/mol. The molecule has 1 fully saturated rings. The van der Waals surface area contributed by atoms with Crippen molar-refractivity contribution in [2.45, 2.75) is 45.5 Å². The third kappa shape index (κ3) is 1.51. The molecule has 1 aliphatic rings. The van der Waals surface area contributed by atoms with Crippen molar-refractivity contribution in [2.75, 3.05) is 0 Å². The third-order valence-electron chi connectivity index (χ3n) is 3.99. The van der Waals surface area contributed by atoms with Gasteiger partial charge >= 0.3 is 0 Å². The summed E-state index contributed by atoms with van der Waals surface area (Å²) in [5.41, 5.74) is 3.41. The number of nitrogens with zero attached hydrogens (tertiary/aromatic N) is 4. The van der Waals surface area contributed by atoms with Crippen LogP contribution in [-0.4, -0.2) is 19.3 Å².